The summed E-state index contributed by atoms with van der Waals surface area (Å²) in [5.74, 6) is -0.319. The van der Waals surface area contributed by atoms with Gasteiger partial charge in [0.15, 0.2) is 11.6 Å². The summed E-state index contributed by atoms with van der Waals surface area (Å²) in [5, 5.41) is 4.54. The van der Waals surface area contributed by atoms with E-state index < -0.39 is 11.6 Å². The SMILES string of the molecule is COc1ccc(-c2ccn(Cc3cccc(F)c3F)n2)cc1C[C@@H]1CCOC1. The third kappa shape index (κ3) is 3.92. The van der Waals surface area contributed by atoms with Crippen LogP contribution in [0.1, 0.15) is 17.5 Å². The lowest BCUT2D eigenvalue weighted by atomic mass is 9.96. The lowest BCUT2D eigenvalue weighted by Crippen LogP contribution is -2.05. The minimum Gasteiger partial charge on any atom is -0.496 e. The number of hydrogen-bond donors (Lipinski definition) is 0. The van der Waals surface area contributed by atoms with Crippen molar-refractivity contribution in [2.75, 3.05) is 20.3 Å². The Labute approximate surface area is 162 Å². The molecule has 0 bridgehead atoms. The first-order valence-corrected chi connectivity index (χ1v) is 9.35. The summed E-state index contributed by atoms with van der Waals surface area (Å²) in [6.07, 6.45) is 3.72. The number of ether oxygens (including phenoxy) is 2. The van der Waals surface area contributed by atoms with Crippen LogP contribution in [0.5, 0.6) is 5.75 Å². The van der Waals surface area contributed by atoms with E-state index in [4.69, 9.17) is 9.47 Å². The Hall–Kier alpha value is -2.73. The fourth-order valence-corrected chi connectivity index (χ4v) is 3.60. The molecule has 1 atom stereocenters. The highest BCUT2D eigenvalue weighted by Crippen LogP contribution is 2.29. The van der Waals surface area contributed by atoms with E-state index in [1.807, 2.05) is 18.2 Å². The highest BCUT2D eigenvalue weighted by atomic mass is 19.2. The molecule has 1 aromatic heterocycles. The lowest BCUT2D eigenvalue weighted by Gasteiger charge is -2.13. The van der Waals surface area contributed by atoms with Gasteiger partial charge in [-0.15, -0.1) is 0 Å². The molecule has 0 amide bonds. The van der Waals surface area contributed by atoms with Crippen molar-refractivity contribution in [1.82, 2.24) is 9.78 Å². The lowest BCUT2D eigenvalue weighted by molar-refractivity contribution is 0.185. The standard InChI is InChI=1S/C22H22F2N2O2/c1-27-21-6-5-16(12-18(21)11-15-8-10-28-14-15)20-7-9-26(25-20)13-17-3-2-4-19(23)22(17)24/h2-7,9,12,15H,8,10-11,13-14H2,1H3/t15-/m0/s1. The molecule has 2 aromatic carbocycles. The van der Waals surface area contributed by atoms with Crippen molar-refractivity contribution in [1.29, 1.82) is 0 Å². The van der Waals surface area contributed by atoms with Crippen LogP contribution < -0.4 is 4.74 Å². The van der Waals surface area contributed by atoms with E-state index in [2.05, 4.69) is 11.2 Å². The predicted molar refractivity (Wildman–Crippen MR) is 102 cm³/mol. The Morgan fingerprint density at radius 3 is 2.86 bits per heavy atom. The van der Waals surface area contributed by atoms with Crippen molar-refractivity contribution in [2.45, 2.75) is 19.4 Å². The maximum atomic E-state index is 13.9. The van der Waals surface area contributed by atoms with Gasteiger partial charge >= 0.3 is 0 Å². The first-order chi connectivity index (χ1) is 13.6. The normalized spacial score (nSPS) is 16.5. The average molecular weight is 384 g/mol. The molecular weight excluding hydrogens is 362 g/mol. The average Bonchev–Trinajstić information content (AvgIpc) is 3.38. The Bertz CT molecular complexity index is 965. The van der Waals surface area contributed by atoms with E-state index in [-0.39, 0.29) is 12.1 Å². The van der Waals surface area contributed by atoms with Crippen LogP contribution in [0.3, 0.4) is 0 Å². The Morgan fingerprint density at radius 1 is 1.18 bits per heavy atom. The van der Waals surface area contributed by atoms with Crippen molar-refractivity contribution >= 4 is 0 Å². The maximum Gasteiger partial charge on any atom is 0.163 e. The second kappa shape index (κ2) is 8.10. The molecule has 4 nitrogen and oxygen atoms in total. The van der Waals surface area contributed by atoms with E-state index in [0.717, 1.165) is 54.7 Å². The number of nitrogens with zero attached hydrogens (tertiary/aromatic N) is 2. The summed E-state index contributed by atoms with van der Waals surface area (Å²) in [7, 11) is 1.67. The zero-order valence-electron chi connectivity index (χ0n) is 15.7. The molecule has 146 valence electrons. The van der Waals surface area contributed by atoms with Crippen LogP contribution in [0.2, 0.25) is 0 Å². The fourth-order valence-electron chi connectivity index (χ4n) is 3.60. The van der Waals surface area contributed by atoms with Crippen molar-refractivity contribution in [3.8, 4) is 17.0 Å². The van der Waals surface area contributed by atoms with Gasteiger partial charge in [-0.3, -0.25) is 4.68 Å². The molecule has 1 saturated heterocycles. The molecule has 1 aliphatic rings. The van der Waals surface area contributed by atoms with Gasteiger partial charge in [0, 0.05) is 30.5 Å². The molecule has 0 spiro atoms. The zero-order valence-corrected chi connectivity index (χ0v) is 15.7. The van der Waals surface area contributed by atoms with Gasteiger partial charge in [0.25, 0.3) is 0 Å². The topological polar surface area (TPSA) is 36.3 Å². The molecule has 28 heavy (non-hydrogen) atoms. The molecule has 4 rings (SSSR count). The van der Waals surface area contributed by atoms with Crippen molar-refractivity contribution in [3.63, 3.8) is 0 Å². The highest BCUT2D eigenvalue weighted by molar-refractivity contribution is 5.61. The third-order valence-electron chi connectivity index (χ3n) is 5.11. The van der Waals surface area contributed by atoms with Gasteiger partial charge in [0.05, 0.1) is 19.3 Å². The molecule has 3 aromatic rings. The van der Waals surface area contributed by atoms with Crippen molar-refractivity contribution < 1.29 is 18.3 Å². The van der Waals surface area contributed by atoms with E-state index in [1.165, 1.54) is 6.07 Å². The first-order valence-electron chi connectivity index (χ1n) is 9.35. The van der Waals surface area contributed by atoms with E-state index in [0.29, 0.717) is 5.92 Å². The number of aromatic nitrogens is 2. The summed E-state index contributed by atoms with van der Waals surface area (Å²) < 4.78 is 39.9. The zero-order chi connectivity index (χ0) is 19.5. The minimum absolute atomic E-state index is 0.173. The van der Waals surface area contributed by atoms with Gasteiger partial charge in [-0.1, -0.05) is 12.1 Å². The summed E-state index contributed by atoms with van der Waals surface area (Å²) in [6.45, 7) is 1.76. The van der Waals surface area contributed by atoms with Crippen LogP contribution in [0, 0.1) is 17.6 Å². The molecule has 0 unspecified atom stereocenters. The maximum absolute atomic E-state index is 13.9. The predicted octanol–water partition coefficient (Wildman–Crippen LogP) is 4.46. The third-order valence-corrected chi connectivity index (χ3v) is 5.11. The smallest absolute Gasteiger partial charge is 0.163 e. The van der Waals surface area contributed by atoms with Crippen LogP contribution >= 0.6 is 0 Å². The Morgan fingerprint density at radius 2 is 2.07 bits per heavy atom. The van der Waals surface area contributed by atoms with Crippen LogP contribution in [0.4, 0.5) is 8.78 Å². The van der Waals surface area contributed by atoms with Gasteiger partial charge in [0.1, 0.15) is 5.75 Å². The molecule has 1 aliphatic heterocycles. The van der Waals surface area contributed by atoms with Gasteiger partial charge in [-0.25, -0.2) is 8.78 Å². The molecule has 0 N–H and O–H groups in total. The second-order valence-corrected chi connectivity index (χ2v) is 7.07. The monoisotopic (exact) mass is 384 g/mol. The molecule has 2 heterocycles. The van der Waals surface area contributed by atoms with Crippen LogP contribution in [-0.2, 0) is 17.7 Å². The Balaban J connectivity index is 1.56. The molecule has 6 heteroatoms. The molecular formula is C22H22F2N2O2. The largest absolute Gasteiger partial charge is 0.496 e. The molecule has 0 radical (unpaired) electrons. The van der Waals surface area contributed by atoms with Crippen molar-refractivity contribution in [3.05, 3.63) is 71.4 Å². The molecule has 0 saturated carbocycles. The number of halogens is 2. The fraction of sp³-hybridized carbons (Fsp3) is 0.318. The minimum atomic E-state index is -0.847. The van der Waals surface area contributed by atoms with Gasteiger partial charge in [0.2, 0.25) is 0 Å². The summed E-state index contributed by atoms with van der Waals surface area (Å²) in [5.41, 5.74) is 3.14. The summed E-state index contributed by atoms with van der Waals surface area (Å²) in [4.78, 5) is 0. The second-order valence-electron chi connectivity index (χ2n) is 7.07. The summed E-state index contributed by atoms with van der Waals surface area (Å²) >= 11 is 0. The quantitative estimate of drug-likeness (QED) is 0.629. The number of methoxy groups -OCH3 is 1. The summed E-state index contributed by atoms with van der Waals surface area (Å²) in [6, 6.07) is 12.1. The number of benzene rings is 2. The van der Waals surface area contributed by atoms with Crippen LogP contribution in [-0.4, -0.2) is 30.1 Å². The van der Waals surface area contributed by atoms with Crippen molar-refractivity contribution in [2.24, 2.45) is 5.92 Å². The molecule has 1 fully saturated rings. The first kappa shape index (κ1) is 18.6. The van der Waals surface area contributed by atoms with E-state index >= 15 is 0 Å². The van der Waals surface area contributed by atoms with Gasteiger partial charge in [-0.05, 0) is 54.7 Å². The van der Waals surface area contributed by atoms with Crippen LogP contribution in [0.25, 0.3) is 11.3 Å². The Kier molecular flexibility index (Phi) is 5.39. The number of hydrogen-bond acceptors (Lipinski definition) is 3. The molecule has 0 aliphatic carbocycles. The van der Waals surface area contributed by atoms with Gasteiger partial charge in [-0.2, -0.15) is 5.10 Å². The van der Waals surface area contributed by atoms with E-state index in [9.17, 15) is 8.78 Å². The van der Waals surface area contributed by atoms with E-state index in [1.54, 1.807) is 24.1 Å². The van der Waals surface area contributed by atoms with Gasteiger partial charge < -0.3 is 9.47 Å². The van der Waals surface area contributed by atoms with Crippen LogP contribution in [0.15, 0.2) is 48.7 Å². The number of rotatable bonds is 6. The highest BCUT2D eigenvalue weighted by Gasteiger charge is 2.19.